The van der Waals surface area contributed by atoms with Crippen molar-refractivity contribution in [1.82, 2.24) is 0 Å². The van der Waals surface area contributed by atoms with Crippen LogP contribution in [0.4, 0.5) is 8.78 Å². The lowest BCUT2D eigenvalue weighted by Gasteiger charge is -2.22. The van der Waals surface area contributed by atoms with Crippen molar-refractivity contribution in [3.8, 4) is 0 Å². The van der Waals surface area contributed by atoms with E-state index in [-0.39, 0.29) is 15.1 Å². The van der Waals surface area contributed by atoms with Gasteiger partial charge in [0, 0.05) is 10.4 Å². The van der Waals surface area contributed by atoms with Crippen molar-refractivity contribution in [2.75, 3.05) is 0 Å². The van der Waals surface area contributed by atoms with E-state index in [1.807, 2.05) is 0 Å². The number of hydrogen-bond donors (Lipinski definition) is 0. The van der Waals surface area contributed by atoms with Crippen molar-refractivity contribution in [2.45, 2.75) is 43.4 Å². The van der Waals surface area contributed by atoms with Gasteiger partial charge in [0.05, 0.1) is 4.47 Å². The number of alkyl halides is 1. The minimum absolute atomic E-state index is 0.0850. The maximum atomic E-state index is 13.9. The highest BCUT2D eigenvalue weighted by atomic mass is 79.9. The lowest BCUT2D eigenvalue weighted by Crippen LogP contribution is -2.09. The summed E-state index contributed by atoms with van der Waals surface area (Å²) in [6.45, 7) is 0. The summed E-state index contributed by atoms with van der Waals surface area (Å²) in [6.07, 6.45) is 7.07. The zero-order valence-corrected chi connectivity index (χ0v) is 13.2. The fraction of sp³-hybridized carbons (Fsp3) is 0.571. The van der Waals surface area contributed by atoms with E-state index in [0.717, 1.165) is 12.8 Å². The number of hydrogen-bond acceptors (Lipinski definition) is 0. The molecule has 0 N–H and O–H groups in total. The molecule has 18 heavy (non-hydrogen) atoms. The normalized spacial score (nSPS) is 19.6. The molecule has 0 saturated heterocycles. The monoisotopic (exact) mass is 380 g/mol. The average molecular weight is 382 g/mol. The van der Waals surface area contributed by atoms with Crippen LogP contribution < -0.4 is 0 Å². The third-order valence-electron chi connectivity index (χ3n) is 3.65. The molecule has 1 aliphatic carbocycles. The molecule has 0 radical (unpaired) electrons. The Morgan fingerprint density at radius 1 is 1.00 bits per heavy atom. The maximum Gasteiger partial charge on any atom is 0.137 e. The first-order valence-corrected chi connectivity index (χ1v) is 8.09. The zero-order chi connectivity index (χ0) is 13.1. The van der Waals surface area contributed by atoms with Crippen molar-refractivity contribution in [2.24, 2.45) is 5.92 Å². The summed E-state index contributed by atoms with van der Waals surface area (Å²) < 4.78 is 27.6. The van der Waals surface area contributed by atoms with Gasteiger partial charge in [-0.15, -0.1) is 0 Å². The van der Waals surface area contributed by atoms with Crippen LogP contribution in [0.1, 0.15) is 48.9 Å². The predicted octanol–water partition coefficient (Wildman–Crippen LogP) is 6.13. The summed E-state index contributed by atoms with van der Waals surface area (Å²) in [7, 11) is 0. The van der Waals surface area contributed by atoms with E-state index >= 15 is 0 Å². The molecule has 2 rings (SSSR count). The van der Waals surface area contributed by atoms with E-state index in [2.05, 4.69) is 31.9 Å². The molecule has 0 bridgehead atoms. The van der Waals surface area contributed by atoms with E-state index < -0.39 is 5.82 Å². The fourth-order valence-corrected chi connectivity index (χ4v) is 3.80. The van der Waals surface area contributed by atoms with Gasteiger partial charge in [-0.25, -0.2) is 8.78 Å². The van der Waals surface area contributed by atoms with Gasteiger partial charge in [0.15, 0.2) is 0 Å². The first-order valence-electron chi connectivity index (χ1n) is 6.38. The van der Waals surface area contributed by atoms with Gasteiger partial charge in [-0.05, 0) is 46.8 Å². The molecular weight excluding hydrogens is 366 g/mol. The highest BCUT2D eigenvalue weighted by molar-refractivity contribution is 9.10. The van der Waals surface area contributed by atoms with Gasteiger partial charge in [-0.3, -0.25) is 0 Å². The van der Waals surface area contributed by atoms with Gasteiger partial charge < -0.3 is 0 Å². The Labute approximate surface area is 123 Å². The first kappa shape index (κ1) is 14.4. The van der Waals surface area contributed by atoms with Crippen LogP contribution in [0.5, 0.6) is 0 Å². The second-order valence-electron chi connectivity index (χ2n) is 4.94. The Morgan fingerprint density at radius 3 is 2.22 bits per heavy atom. The lowest BCUT2D eigenvalue weighted by molar-refractivity contribution is 0.442. The van der Waals surface area contributed by atoms with E-state index in [0.29, 0.717) is 11.5 Å². The second kappa shape index (κ2) is 6.47. The average Bonchev–Trinajstić information content (AvgIpc) is 2.61. The van der Waals surface area contributed by atoms with Crippen LogP contribution in [0.3, 0.4) is 0 Å². The third kappa shape index (κ3) is 3.32. The molecule has 1 unspecified atom stereocenters. The molecule has 1 fully saturated rings. The van der Waals surface area contributed by atoms with Crippen LogP contribution in [0.15, 0.2) is 16.6 Å². The van der Waals surface area contributed by atoms with Crippen molar-refractivity contribution in [1.29, 1.82) is 0 Å². The Kier molecular flexibility index (Phi) is 5.19. The van der Waals surface area contributed by atoms with Gasteiger partial charge in [-0.2, -0.15) is 0 Å². The molecule has 4 heteroatoms. The predicted molar refractivity (Wildman–Crippen MR) is 76.9 cm³/mol. The van der Waals surface area contributed by atoms with Gasteiger partial charge in [0.1, 0.15) is 11.6 Å². The van der Waals surface area contributed by atoms with E-state index in [4.69, 9.17) is 0 Å². The van der Waals surface area contributed by atoms with Crippen LogP contribution in [0.2, 0.25) is 0 Å². The highest BCUT2D eigenvalue weighted by Crippen LogP contribution is 2.41. The summed E-state index contributed by atoms with van der Waals surface area (Å²) >= 11 is 6.58. The van der Waals surface area contributed by atoms with Crippen LogP contribution in [0, 0.1) is 17.6 Å². The molecule has 0 nitrogen and oxygen atoms in total. The molecule has 0 heterocycles. The summed E-state index contributed by atoms with van der Waals surface area (Å²) in [5.74, 6) is -0.332. The minimum atomic E-state index is -0.399. The summed E-state index contributed by atoms with van der Waals surface area (Å²) in [6, 6.07) is 2.53. The van der Waals surface area contributed by atoms with Crippen LogP contribution in [0.25, 0.3) is 0 Å². The smallest absolute Gasteiger partial charge is 0.137 e. The molecule has 1 atom stereocenters. The highest BCUT2D eigenvalue weighted by Gasteiger charge is 2.25. The van der Waals surface area contributed by atoms with Crippen molar-refractivity contribution < 1.29 is 8.78 Å². The molecular formula is C14H16Br2F2. The van der Waals surface area contributed by atoms with E-state index in [9.17, 15) is 8.78 Å². The molecule has 0 aromatic heterocycles. The number of benzene rings is 1. The van der Waals surface area contributed by atoms with Gasteiger partial charge in [0.25, 0.3) is 0 Å². The third-order valence-corrected chi connectivity index (χ3v) is 5.50. The molecule has 1 saturated carbocycles. The lowest BCUT2D eigenvalue weighted by atomic mass is 9.92. The standard InChI is InChI=1S/C14H16Br2F2/c15-11-8-12(17)10(7-13(11)18)14(16)9-5-3-1-2-4-6-9/h7-9,14H,1-6H2. The summed E-state index contributed by atoms with van der Waals surface area (Å²) in [5.41, 5.74) is 0.447. The Bertz CT molecular complexity index is 413. The first-order chi connectivity index (χ1) is 8.59. The van der Waals surface area contributed by atoms with Crippen molar-refractivity contribution in [3.05, 3.63) is 33.8 Å². The Morgan fingerprint density at radius 2 is 1.61 bits per heavy atom. The molecule has 0 amide bonds. The Hall–Kier alpha value is 0.0400. The topological polar surface area (TPSA) is 0 Å². The van der Waals surface area contributed by atoms with Gasteiger partial charge in [0.2, 0.25) is 0 Å². The number of rotatable bonds is 2. The summed E-state index contributed by atoms with van der Waals surface area (Å²) in [4.78, 5) is -0.0850. The Balaban J connectivity index is 2.21. The van der Waals surface area contributed by atoms with Gasteiger partial charge >= 0.3 is 0 Å². The van der Waals surface area contributed by atoms with Crippen LogP contribution in [-0.2, 0) is 0 Å². The van der Waals surface area contributed by atoms with Crippen molar-refractivity contribution >= 4 is 31.9 Å². The van der Waals surface area contributed by atoms with Crippen LogP contribution >= 0.6 is 31.9 Å². The molecule has 1 aliphatic rings. The molecule has 1 aromatic rings. The van der Waals surface area contributed by atoms with Crippen molar-refractivity contribution in [3.63, 3.8) is 0 Å². The molecule has 1 aromatic carbocycles. The second-order valence-corrected chi connectivity index (χ2v) is 6.78. The van der Waals surface area contributed by atoms with Crippen LogP contribution in [-0.4, -0.2) is 0 Å². The molecule has 100 valence electrons. The fourth-order valence-electron chi connectivity index (χ4n) is 2.61. The molecule has 0 aliphatic heterocycles. The SMILES string of the molecule is Fc1cc(C(Br)C2CCCCCC2)c(F)cc1Br. The van der Waals surface area contributed by atoms with E-state index in [1.165, 1.54) is 37.8 Å². The van der Waals surface area contributed by atoms with Gasteiger partial charge in [-0.1, -0.05) is 41.6 Å². The maximum absolute atomic E-state index is 13.9. The number of halogens is 4. The molecule has 0 spiro atoms. The largest absolute Gasteiger partial charge is 0.207 e. The van der Waals surface area contributed by atoms with E-state index in [1.54, 1.807) is 0 Å². The zero-order valence-electron chi connectivity index (χ0n) is 10.1. The quantitative estimate of drug-likeness (QED) is 0.328. The summed E-state index contributed by atoms with van der Waals surface area (Å²) in [5, 5.41) is 0. The minimum Gasteiger partial charge on any atom is -0.207 e.